The SMILES string of the molecule is Cc1cccc(Cc2csc(N3CCN(S(=O)(=O)c4ccc(Cl)cc4)CC3)n2)c1C. The van der Waals surface area contributed by atoms with Crippen molar-refractivity contribution in [1.82, 2.24) is 9.29 Å². The lowest BCUT2D eigenvalue weighted by molar-refractivity contribution is 0.384. The topological polar surface area (TPSA) is 53.5 Å². The third-order valence-electron chi connectivity index (χ3n) is 5.59. The van der Waals surface area contributed by atoms with Crippen molar-refractivity contribution in [3.63, 3.8) is 0 Å². The molecule has 0 saturated carbocycles. The summed E-state index contributed by atoms with van der Waals surface area (Å²) >= 11 is 7.51. The Morgan fingerprint density at radius 3 is 2.43 bits per heavy atom. The number of hydrogen-bond acceptors (Lipinski definition) is 5. The smallest absolute Gasteiger partial charge is 0.243 e. The van der Waals surface area contributed by atoms with Crippen molar-refractivity contribution in [3.05, 3.63) is 75.3 Å². The van der Waals surface area contributed by atoms with Gasteiger partial charge in [0.2, 0.25) is 10.0 Å². The lowest BCUT2D eigenvalue weighted by atomic mass is 10.0. The molecule has 30 heavy (non-hydrogen) atoms. The van der Waals surface area contributed by atoms with Crippen LogP contribution >= 0.6 is 22.9 Å². The van der Waals surface area contributed by atoms with Gasteiger partial charge in [0.05, 0.1) is 10.6 Å². The van der Waals surface area contributed by atoms with Crippen molar-refractivity contribution in [2.24, 2.45) is 0 Å². The molecule has 8 heteroatoms. The summed E-state index contributed by atoms with van der Waals surface area (Å²) in [4.78, 5) is 7.27. The highest BCUT2D eigenvalue weighted by atomic mass is 35.5. The second kappa shape index (κ2) is 8.67. The number of halogens is 1. The van der Waals surface area contributed by atoms with Crippen molar-refractivity contribution in [3.8, 4) is 0 Å². The second-order valence-corrected chi connectivity index (χ2v) is 10.7. The van der Waals surface area contributed by atoms with E-state index in [4.69, 9.17) is 16.6 Å². The fourth-order valence-electron chi connectivity index (χ4n) is 3.60. The van der Waals surface area contributed by atoms with E-state index in [0.717, 1.165) is 17.2 Å². The van der Waals surface area contributed by atoms with Crippen molar-refractivity contribution in [2.45, 2.75) is 25.2 Å². The molecule has 2 aromatic carbocycles. The number of piperazine rings is 1. The Hall–Kier alpha value is -1.93. The van der Waals surface area contributed by atoms with Crippen molar-refractivity contribution >= 4 is 38.1 Å². The highest BCUT2D eigenvalue weighted by Gasteiger charge is 2.29. The van der Waals surface area contributed by atoms with Crippen LogP contribution in [0.4, 0.5) is 5.13 Å². The van der Waals surface area contributed by atoms with Gasteiger partial charge >= 0.3 is 0 Å². The molecule has 0 N–H and O–H groups in total. The number of sulfonamides is 1. The Labute approximate surface area is 187 Å². The molecule has 0 bridgehead atoms. The van der Waals surface area contributed by atoms with E-state index in [1.807, 2.05) is 0 Å². The van der Waals surface area contributed by atoms with Gasteiger partial charge in [-0.15, -0.1) is 11.3 Å². The lowest BCUT2D eigenvalue weighted by Gasteiger charge is -2.33. The lowest BCUT2D eigenvalue weighted by Crippen LogP contribution is -2.48. The molecule has 1 aromatic heterocycles. The van der Waals surface area contributed by atoms with Gasteiger partial charge in [-0.2, -0.15) is 4.31 Å². The largest absolute Gasteiger partial charge is 0.345 e. The zero-order valence-corrected chi connectivity index (χ0v) is 19.4. The molecule has 1 aliphatic rings. The van der Waals surface area contributed by atoms with E-state index < -0.39 is 10.0 Å². The summed E-state index contributed by atoms with van der Waals surface area (Å²) < 4.78 is 27.3. The Kier molecular flexibility index (Phi) is 6.16. The summed E-state index contributed by atoms with van der Waals surface area (Å²) in [5.41, 5.74) is 4.96. The molecule has 0 spiro atoms. The first-order valence-corrected chi connectivity index (χ1v) is 12.5. The molecule has 0 unspecified atom stereocenters. The first-order chi connectivity index (χ1) is 14.3. The maximum atomic E-state index is 12.9. The normalized spacial score (nSPS) is 15.5. The summed E-state index contributed by atoms with van der Waals surface area (Å²) in [6.07, 6.45) is 0.814. The van der Waals surface area contributed by atoms with E-state index in [1.165, 1.54) is 21.0 Å². The molecule has 0 amide bonds. The number of nitrogens with zero attached hydrogens (tertiary/aromatic N) is 3. The van der Waals surface area contributed by atoms with Gasteiger partial charge in [-0.25, -0.2) is 13.4 Å². The van der Waals surface area contributed by atoms with Crippen molar-refractivity contribution in [2.75, 3.05) is 31.1 Å². The van der Waals surface area contributed by atoms with Crippen LogP contribution in [-0.4, -0.2) is 43.9 Å². The fourth-order valence-corrected chi connectivity index (χ4v) is 6.02. The molecule has 0 aliphatic carbocycles. The zero-order valence-electron chi connectivity index (χ0n) is 17.0. The van der Waals surface area contributed by atoms with Crippen molar-refractivity contribution < 1.29 is 8.42 Å². The van der Waals surface area contributed by atoms with Gasteiger partial charge in [-0.05, 0) is 54.8 Å². The van der Waals surface area contributed by atoms with Gasteiger partial charge in [-0.1, -0.05) is 29.8 Å². The predicted octanol–water partition coefficient (Wildman–Crippen LogP) is 4.52. The Morgan fingerprint density at radius 2 is 1.73 bits per heavy atom. The molecule has 0 atom stereocenters. The van der Waals surface area contributed by atoms with Crippen LogP contribution in [0.1, 0.15) is 22.4 Å². The summed E-state index contributed by atoms with van der Waals surface area (Å²) in [5.74, 6) is 0. The molecule has 1 saturated heterocycles. The van der Waals surface area contributed by atoms with E-state index in [0.29, 0.717) is 31.2 Å². The molecule has 4 rings (SSSR count). The van der Waals surface area contributed by atoms with E-state index in [9.17, 15) is 8.42 Å². The Morgan fingerprint density at radius 1 is 1.03 bits per heavy atom. The van der Waals surface area contributed by atoms with E-state index in [-0.39, 0.29) is 4.90 Å². The Balaban J connectivity index is 1.41. The first kappa shape index (κ1) is 21.3. The fraction of sp³-hybridized carbons (Fsp3) is 0.318. The van der Waals surface area contributed by atoms with Crippen LogP contribution in [0.2, 0.25) is 5.02 Å². The summed E-state index contributed by atoms with van der Waals surface area (Å²) in [7, 11) is -3.50. The van der Waals surface area contributed by atoms with E-state index in [1.54, 1.807) is 35.6 Å². The average molecular weight is 462 g/mol. The third-order valence-corrected chi connectivity index (χ3v) is 8.70. The highest BCUT2D eigenvalue weighted by Crippen LogP contribution is 2.26. The molecular weight excluding hydrogens is 438 g/mol. The summed E-state index contributed by atoms with van der Waals surface area (Å²) in [6, 6.07) is 12.7. The number of thiazole rings is 1. The van der Waals surface area contributed by atoms with Crippen LogP contribution in [0.5, 0.6) is 0 Å². The monoisotopic (exact) mass is 461 g/mol. The van der Waals surface area contributed by atoms with Crippen LogP contribution in [0.15, 0.2) is 52.7 Å². The average Bonchev–Trinajstić information content (AvgIpc) is 3.20. The minimum atomic E-state index is -3.50. The third kappa shape index (κ3) is 4.39. The molecule has 3 aromatic rings. The molecule has 0 radical (unpaired) electrons. The molecule has 158 valence electrons. The maximum Gasteiger partial charge on any atom is 0.243 e. The minimum Gasteiger partial charge on any atom is -0.345 e. The van der Waals surface area contributed by atoms with Crippen LogP contribution < -0.4 is 4.90 Å². The van der Waals surface area contributed by atoms with Crippen LogP contribution in [0.25, 0.3) is 0 Å². The number of benzene rings is 2. The molecule has 1 aliphatic heterocycles. The van der Waals surface area contributed by atoms with Gasteiger partial charge in [0.1, 0.15) is 0 Å². The van der Waals surface area contributed by atoms with Crippen LogP contribution in [0, 0.1) is 13.8 Å². The number of aryl methyl sites for hydroxylation is 1. The minimum absolute atomic E-state index is 0.283. The highest BCUT2D eigenvalue weighted by molar-refractivity contribution is 7.89. The number of anilines is 1. The van der Waals surface area contributed by atoms with Crippen molar-refractivity contribution in [1.29, 1.82) is 0 Å². The quantitative estimate of drug-likeness (QED) is 0.560. The maximum absolute atomic E-state index is 12.9. The van der Waals surface area contributed by atoms with Crippen LogP contribution in [0.3, 0.4) is 0 Å². The predicted molar refractivity (Wildman–Crippen MR) is 123 cm³/mol. The standard InChI is InChI=1S/C22H24ClN3O2S2/c1-16-4-3-5-18(17(16)2)14-20-15-29-22(24-20)25-10-12-26(13-11-25)30(27,28)21-8-6-19(23)7-9-21/h3-9,15H,10-14H2,1-2H3. The summed E-state index contributed by atoms with van der Waals surface area (Å²) in [6.45, 7) is 6.42. The number of rotatable bonds is 5. The second-order valence-electron chi connectivity index (χ2n) is 7.50. The number of hydrogen-bond donors (Lipinski definition) is 0. The number of aromatic nitrogens is 1. The van der Waals surface area contributed by atoms with Gasteiger partial charge in [0.25, 0.3) is 0 Å². The van der Waals surface area contributed by atoms with Gasteiger partial charge in [0, 0.05) is 43.0 Å². The first-order valence-electron chi connectivity index (χ1n) is 9.85. The molecule has 5 nitrogen and oxygen atoms in total. The van der Waals surface area contributed by atoms with Gasteiger partial charge in [0.15, 0.2) is 5.13 Å². The molecular formula is C22H24ClN3O2S2. The van der Waals surface area contributed by atoms with E-state index in [2.05, 4.69) is 42.3 Å². The van der Waals surface area contributed by atoms with Crippen LogP contribution in [-0.2, 0) is 16.4 Å². The van der Waals surface area contributed by atoms with E-state index >= 15 is 0 Å². The zero-order chi connectivity index (χ0) is 21.3. The Bertz CT molecular complexity index is 1140. The molecule has 1 fully saturated rings. The molecule has 2 heterocycles. The van der Waals surface area contributed by atoms with Gasteiger partial charge < -0.3 is 4.90 Å². The summed E-state index contributed by atoms with van der Waals surface area (Å²) in [5, 5.41) is 3.59. The van der Waals surface area contributed by atoms with Gasteiger partial charge in [-0.3, -0.25) is 0 Å².